The molecule has 0 bridgehead atoms. The number of ether oxygens (including phenoxy) is 1. The highest BCUT2D eigenvalue weighted by molar-refractivity contribution is 5.82. The van der Waals surface area contributed by atoms with Gasteiger partial charge in [-0.15, -0.1) is 0 Å². The summed E-state index contributed by atoms with van der Waals surface area (Å²) in [6.07, 6.45) is -1.16. The number of methoxy groups -OCH3 is 1. The third kappa shape index (κ3) is 3.63. The molecule has 116 valence electrons. The zero-order valence-electron chi connectivity index (χ0n) is 11.5. The number of rotatable bonds is 3. The molecule has 0 radical (unpaired) electrons. The van der Waals surface area contributed by atoms with Crippen LogP contribution in [-0.4, -0.2) is 43.9 Å². The first-order valence-corrected chi connectivity index (χ1v) is 7.05. The summed E-state index contributed by atoms with van der Waals surface area (Å²) < 4.78 is 42.9. The van der Waals surface area contributed by atoms with Crippen molar-refractivity contribution in [1.29, 1.82) is 0 Å². The first kappa shape index (κ1) is 15.6. The SMILES string of the molecule is COC1CCCC1NC(=O)C1CCC(C(F)(F)F)CN1. The molecular formula is C13H21F3N2O2. The maximum absolute atomic E-state index is 12.5. The summed E-state index contributed by atoms with van der Waals surface area (Å²) in [5, 5.41) is 5.60. The molecule has 1 aliphatic carbocycles. The maximum atomic E-state index is 12.5. The molecule has 0 aromatic heterocycles. The zero-order chi connectivity index (χ0) is 14.8. The summed E-state index contributed by atoms with van der Waals surface area (Å²) in [5.74, 6) is -1.55. The van der Waals surface area contributed by atoms with E-state index in [0.717, 1.165) is 19.3 Å². The zero-order valence-corrected chi connectivity index (χ0v) is 11.5. The van der Waals surface area contributed by atoms with Gasteiger partial charge in [0.05, 0.1) is 24.1 Å². The largest absolute Gasteiger partial charge is 0.393 e. The normalized spacial score (nSPS) is 35.0. The van der Waals surface area contributed by atoms with Gasteiger partial charge in [-0.1, -0.05) is 0 Å². The minimum atomic E-state index is -4.18. The van der Waals surface area contributed by atoms with E-state index in [2.05, 4.69) is 10.6 Å². The molecule has 2 fully saturated rings. The van der Waals surface area contributed by atoms with Crippen molar-refractivity contribution in [1.82, 2.24) is 10.6 Å². The third-order valence-electron chi connectivity index (χ3n) is 4.28. The van der Waals surface area contributed by atoms with E-state index in [1.165, 1.54) is 0 Å². The van der Waals surface area contributed by atoms with Crippen molar-refractivity contribution in [2.45, 2.75) is 56.5 Å². The van der Waals surface area contributed by atoms with Crippen LogP contribution in [0.2, 0.25) is 0 Å². The molecule has 0 aromatic rings. The quantitative estimate of drug-likeness (QED) is 0.831. The molecule has 20 heavy (non-hydrogen) atoms. The van der Waals surface area contributed by atoms with E-state index >= 15 is 0 Å². The molecule has 4 nitrogen and oxygen atoms in total. The standard InChI is InChI=1S/C13H21F3N2O2/c1-20-11-4-2-3-9(11)18-12(19)10-6-5-8(7-17-10)13(14,15)16/h8-11,17H,2-7H2,1H3,(H,18,19). The fraction of sp³-hybridized carbons (Fsp3) is 0.923. The lowest BCUT2D eigenvalue weighted by Crippen LogP contribution is -2.54. The lowest BCUT2D eigenvalue weighted by Gasteiger charge is -2.31. The molecule has 1 saturated heterocycles. The van der Waals surface area contributed by atoms with E-state index in [0.29, 0.717) is 0 Å². The Balaban J connectivity index is 1.80. The molecule has 1 heterocycles. The van der Waals surface area contributed by atoms with Gasteiger partial charge in [0.15, 0.2) is 0 Å². The molecule has 2 N–H and O–H groups in total. The van der Waals surface area contributed by atoms with Gasteiger partial charge in [0.25, 0.3) is 0 Å². The summed E-state index contributed by atoms with van der Waals surface area (Å²) in [5.41, 5.74) is 0. The number of carbonyl (C=O) groups excluding carboxylic acids is 1. The molecule has 2 aliphatic rings. The second-order valence-electron chi connectivity index (χ2n) is 5.60. The Hall–Kier alpha value is -0.820. The Kier molecular flexibility index (Phi) is 4.90. The molecule has 1 amide bonds. The number of amides is 1. The van der Waals surface area contributed by atoms with Gasteiger partial charge in [-0.25, -0.2) is 0 Å². The Morgan fingerprint density at radius 1 is 1.25 bits per heavy atom. The van der Waals surface area contributed by atoms with Crippen LogP contribution in [0.4, 0.5) is 13.2 Å². The van der Waals surface area contributed by atoms with Crippen molar-refractivity contribution in [3.63, 3.8) is 0 Å². The highest BCUT2D eigenvalue weighted by Gasteiger charge is 2.42. The van der Waals surface area contributed by atoms with Crippen LogP contribution >= 0.6 is 0 Å². The van der Waals surface area contributed by atoms with Crippen molar-refractivity contribution < 1.29 is 22.7 Å². The minimum absolute atomic E-state index is 0.00690. The van der Waals surface area contributed by atoms with Crippen LogP contribution in [0.5, 0.6) is 0 Å². The van der Waals surface area contributed by atoms with Crippen LogP contribution in [0.3, 0.4) is 0 Å². The second-order valence-corrected chi connectivity index (χ2v) is 5.60. The number of halogens is 3. The fourth-order valence-electron chi connectivity index (χ4n) is 3.02. The molecule has 7 heteroatoms. The highest BCUT2D eigenvalue weighted by Crippen LogP contribution is 2.32. The van der Waals surface area contributed by atoms with Crippen LogP contribution in [0.25, 0.3) is 0 Å². The molecule has 4 atom stereocenters. The van der Waals surface area contributed by atoms with Crippen LogP contribution in [0, 0.1) is 5.92 Å². The number of carbonyl (C=O) groups is 1. The second kappa shape index (κ2) is 6.30. The first-order valence-electron chi connectivity index (χ1n) is 7.05. The van der Waals surface area contributed by atoms with E-state index in [9.17, 15) is 18.0 Å². The number of alkyl halides is 3. The average Bonchev–Trinajstić information content (AvgIpc) is 2.85. The summed E-state index contributed by atoms with van der Waals surface area (Å²) in [6, 6.07) is -0.540. The predicted octanol–water partition coefficient (Wildman–Crippen LogP) is 1.60. The van der Waals surface area contributed by atoms with Crippen LogP contribution in [-0.2, 0) is 9.53 Å². The third-order valence-corrected chi connectivity index (χ3v) is 4.28. The van der Waals surface area contributed by atoms with E-state index in [1.807, 2.05) is 0 Å². The number of piperidine rings is 1. The highest BCUT2D eigenvalue weighted by atomic mass is 19.4. The predicted molar refractivity (Wildman–Crippen MR) is 67.1 cm³/mol. The number of hydrogen-bond donors (Lipinski definition) is 2. The van der Waals surface area contributed by atoms with Gasteiger partial charge in [-0.2, -0.15) is 13.2 Å². The van der Waals surface area contributed by atoms with Crippen molar-refractivity contribution in [2.75, 3.05) is 13.7 Å². The monoisotopic (exact) mass is 294 g/mol. The Bertz CT molecular complexity index is 341. The van der Waals surface area contributed by atoms with Gasteiger partial charge in [-0.05, 0) is 32.1 Å². The van der Waals surface area contributed by atoms with Crippen molar-refractivity contribution in [2.24, 2.45) is 5.92 Å². The molecule has 0 spiro atoms. The molecule has 2 rings (SSSR count). The van der Waals surface area contributed by atoms with Crippen molar-refractivity contribution in [3.8, 4) is 0 Å². The van der Waals surface area contributed by atoms with Gasteiger partial charge in [-0.3, -0.25) is 4.79 Å². The summed E-state index contributed by atoms with van der Waals surface area (Å²) in [4.78, 5) is 12.1. The molecule has 0 aromatic carbocycles. The minimum Gasteiger partial charge on any atom is -0.379 e. The number of hydrogen-bond acceptors (Lipinski definition) is 3. The average molecular weight is 294 g/mol. The van der Waals surface area contributed by atoms with Crippen LogP contribution in [0.15, 0.2) is 0 Å². The van der Waals surface area contributed by atoms with E-state index < -0.39 is 18.1 Å². The summed E-state index contributed by atoms with van der Waals surface area (Å²) >= 11 is 0. The van der Waals surface area contributed by atoms with E-state index in [4.69, 9.17) is 4.74 Å². The van der Waals surface area contributed by atoms with Gasteiger partial charge in [0.2, 0.25) is 5.91 Å². The number of nitrogens with one attached hydrogen (secondary N) is 2. The van der Waals surface area contributed by atoms with Crippen molar-refractivity contribution >= 4 is 5.91 Å². The maximum Gasteiger partial charge on any atom is 0.393 e. The van der Waals surface area contributed by atoms with Gasteiger partial charge in [0.1, 0.15) is 0 Å². The molecule has 1 aliphatic heterocycles. The fourth-order valence-corrected chi connectivity index (χ4v) is 3.02. The Morgan fingerprint density at radius 3 is 2.55 bits per heavy atom. The first-order chi connectivity index (χ1) is 9.41. The van der Waals surface area contributed by atoms with Gasteiger partial charge >= 0.3 is 6.18 Å². The van der Waals surface area contributed by atoms with E-state index in [-0.39, 0.29) is 37.4 Å². The van der Waals surface area contributed by atoms with Crippen molar-refractivity contribution in [3.05, 3.63) is 0 Å². The lowest BCUT2D eigenvalue weighted by atomic mass is 9.93. The Labute approximate surface area is 116 Å². The molecular weight excluding hydrogens is 273 g/mol. The van der Waals surface area contributed by atoms with E-state index in [1.54, 1.807) is 7.11 Å². The van der Waals surface area contributed by atoms with Gasteiger partial charge in [0, 0.05) is 13.7 Å². The topological polar surface area (TPSA) is 50.4 Å². The molecule has 4 unspecified atom stereocenters. The summed E-state index contributed by atoms with van der Waals surface area (Å²) in [7, 11) is 1.61. The van der Waals surface area contributed by atoms with Crippen LogP contribution < -0.4 is 10.6 Å². The lowest BCUT2D eigenvalue weighted by molar-refractivity contribution is -0.180. The smallest absolute Gasteiger partial charge is 0.379 e. The molecule has 1 saturated carbocycles. The van der Waals surface area contributed by atoms with Gasteiger partial charge < -0.3 is 15.4 Å². The summed E-state index contributed by atoms with van der Waals surface area (Å²) in [6.45, 7) is -0.181. The van der Waals surface area contributed by atoms with Crippen LogP contribution in [0.1, 0.15) is 32.1 Å². The Morgan fingerprint density at radius 2 is 2.00 bits per heavy atom.